The lowest BCUT2D eigenvalue weighted by Crippen LogP contribution is -2.09. The summed E-state index contributed by atoms with van der Waals surface area (Å²) in [6, 6.07) is 4.62. The predicted octanol–water partition coefficient (Wildman–Crippen LogP) is 4.10. The Morgan fingerprint density at radius 1 is 0.818 bits per heavy atom. The summed E-state index contributed by atoms with van der Waals surface area (Å²) < 4.78 is 0. The van der Waals surface area contributed by atoms with Gasteiger partial charge in [-0.15, -0.1) is 0 Å². The molecule has 0 aliphatic carbocycles. The van der Waals surface area contributed by atoms with Crippen molar-refractivity contribution in [3.05, 3.63) is 0 Å². The van der Waals surface area contributed by atoms with Gasteiger partial charge in [0.05, 0.1) is 0 Å². The van der Waals surface area contributed by atoms with Crippen LogP contribution in [0.25, 0.3) is 0 Å². The summed E-state index contributed by atoms with van der Waals surface area (Å²) in [5, 5.41) is 0. The monoisotopic (exact) mass is 171 g/mol. The molecule has 0 aromatic rings. The van der Waals surface area contributed by atoms with E-state index in [1.54, 1.807) is 12.1 Å². The molecule has 0 aliphatic rings. The SMILES string of the molecule is CCCC[Si](CC)CCCC. The Bertz CT molecular complexity index is 63.3. The van der Waals surface area contributed by atoms with Gasteiger partial charge in [0, 0.05) is 8.80 Å². The first-order valence-corrected chi connectivity index (χ1v) is 7.30. The Morgan fingerprint density at radius 2 is 1.27 bits per heavy atom. The minimum absolute atomic E-state index is 0.0908. The lowest BCUT2D eigenvalue weighted by Gasteiger charge is -2.10. The van der Waals surface area contributed by atoms with Crippen LogP contribution in [0.5, 0.6) is 0 Å². The molecule has 0 nitrogen and oxygen atoms in total. The van der Waals surface area contributed by atoms with Crippen LogP contribution in [0.1, 0.15) is 46.5 Å². The Labute approximate surface area is 74.0 Å². The van der Waals surface area contributed by atoms with Crippen LogP contribution in [0.2, 0.25) is 18.1 Å². The van der Waals surface area contributed by atoms with Gasteiger partial charge < -0.3 is 0 Å². The topological polar surface area (TPSA) is 0 Å². The van der Waals surface area contributed by atoms with E-state index in [9.17, 15) is 0 Å². The van der Waals surface area contributed by atoms with E-state index in [1.807, 2.05) is 0 Å². The van der Waals surface area contributed by atoms with Crippen molar-refractivity contribution in [2.75, 3.05) is 0 Å². The van der Waals surface area contributed by atoms with E-state index >= 15 is 0 Å². The zero-order valence-electron chi connectivity index (χ0n) is 8.45. The summed E-state index contributed by atoms with van der Waals surface area (Å²) in [4.78, 5) is 0. The third-order valence-corrected chi connectivity index (χ3v) is 5.39. The molecule has 0 bridgehead atoms. The largest absolute Gasteiger partial charge is 0.0680 e. The van der Waals surface area contributed by atoms with E-state index < -0.39 is 0 Å². The van der Waals surface area contributed by atoms with Gasteiger partial charge in [-0.25, -0.2) is 0 Å². The molecule has 0 unspecified atom stereocenters. The van der Waals surface area contributed by atoms with Gasteiger partial charge in [-0.05, 0) is 0 Å². The molecule has 0 amide bonds. The minimum atomic E-state index is 0.0908. The molecule has 67 valence electrons. The van der Waals surface area contributed by atoms with Crippen LogP contribution in [0.4, 0.5) is 0 Å². The molecule has 0 rings (SSSR count). The fourth-order valence-corrected chi connectivity index (χ4v) is 4.00. The Morgan fingerprint density at radius 3 is 1.55 bits per heavy atom. The Hall–Kier alpha value is 0.217. The molecular formula is C10H23Si. The fourth-order valence-electron chi connectivity index (χ4n) is 1.33. The first-order chi connectivity index (χ1) is 5.35. The highest BCUT2D eigenvalue weighted by Crippen LogP contribution is 2.12. The highest BCUT2D eigenvalue weighted by Gasteiger charge is 2.05. The predicted molar refractivity (Wildman–Crippen MR) is 55.7 cm³/mol. The van der Waals surface area contributed by atoms with Crippen molar-refractivity contribution in [2.45, 2.75) is 64.6 Å². The number of unbranched alkanes of at least 4 members (excludes halogenated alkanes) is 2. The molecular weight excluding hydrogens is 148 g/mol. The van der Waals surface area contributed by atoms with Gasteiger partial charge in [0.1, 0.15) is 0 Å². The molecule has 0 saturated heterocycles. The molecule has 1 radical (unpaired) electrons. The number of hydrogen-bond donors (Lipinski definition) is 0. The summed E-state index contributed by atoms with van der Waals surface area (Å²) in [6.07, 6.45) is 5.73. The lowest BCUT2D eigenvalue weighted by molar-refractivity contribution is 0.837. The molecule has 0 aliphatic heterocycles. The number of rotatable bonds is 7. The van der Waals surface area contributed by atoms with Crippen LogP contribution in [0.3, 0.4) is 0 Å². The van der Waals surface area contributed by atoms with Gasteiger partial charge >= 0.3 is 0 Å². The highest BCUT2D eigenvalue weighted by molar-refractivity contribution is 6.58. The molecule has 0 atom stereocenters. The molecule has 0 fully saturated rings. The maximum absolute atomic E-state index is 2.37. The van der Waals surface area contributed by atoms with Crippen molar-refractivity contribution in [3.8, 4) is 0 Å². The molecule has 0 spiro atoms. The van der Waals surface area contributed by atoms with Crippen LogP contribution < -0.4 is 0 Å². The summed E-state index contributed by atoms with van der Waals surface area (Å²) in [5.74, 6) is 0. The average molecular weight is 171 g/mol. The second-order valence-corrected chi connectivity index (χ2v) is 6.52. The van der Waals surface area contributed by atoms with Gasteiger partial charge in [0.2, 0.25) is 0 Å². The van der Waals surface area contributed by atoms with Crippen LogP contribution in [-0.4, -0.2) is 8.80 Å². The third kappa shape index (κ3) is 6.61. The average Bonchev–Trinajstić information content (AvgIpc) is 2.05. The Balaban J connectivity index is 3.25. The lowest BCUT2D eigenvalue weighted by atomic mass is 10.4. The summed E-state index contributed by atoms with van der Waals surface area (Å²) in [5.41, 5.74) is 0. The molecule has 0 aromatic heterocycles. The fraction of sp³-hybridized carbons (Fsp3) is 1.00. The molecule has 0 heterocycles. The van der Waals surface area contributed by atoms with E-state index in [0.717, 1.165) is 0 Å². The quantitative estimate of drug-likeness (QED) is 0.506. The maximum Gasteiger partial charge on any atom is 0.0476 e. The first kappa shape index (κ1) is 11.2. The number of hydrogen-bond acceptors (Lipinski definition) is 0. The summed E-state index contributed by atoms with van der Waals surface area (Å²) in [6.45, 7) is 6.98. The zero-order chi connectivity index (χ0) is 8.53. The first-order valence-electron chi connectivity index (χ1n) is 5.18. The molecule has 1 heteroatoms. The van der Waals surface area contributed by atoms with Crippen LogP contribution >= 0.6 is 0 Å². The highest BCUT2D eigenvalue weighted by atomic mass is 28.3. The summed E-state index contributed by atoms with van der Waals surface area (Å²) >= 11 is 0. The van der Waals surface area contributed by atoms with Crippen molar-refractivity contribution in [2.24, 2.45) is 0 Å². The van der Waals surface area contributed by atoms with Gasteiger partial charge in [-0.3, -0.25) is 0 Å². The van der Waals surface area contributed by atoms with E-state index in [0.29, 0.717) is 0 Å². The normalized spacial score (nSPS) is 10.9. The van der Waals surface area contributed by atoms with E-state index in [2.05, 4.69) is 20.8 Å². The molecule has 0 N–H and O–H groups in total. The molecule has 0 aromatic carbocycles. The van der Waals surface area contributed by atoms with Crippen molar-refractivity contribution < 1.29 is 0 Å². The van der Waals surface area contributed by atoms with Crippen LogP contribution in [0, 0.1) is 0 Å². The van der Waals surface area contributed by atoms with Gasteiger partial charge in [-0.1, -0.05) is 64.6 Å². The second kappa shape index (κ2) is 8.31. The second-order valence-electron chi connectivity index (χ2n) is 3.31. The Kier molecular flexibility index (Phi) is 8.48. The van der Waals surface area contributed by atoms with E-state index in [-0.39, 0.29) is 8.80 Å². The third-order valence-electron chi connectivity index (χ3n) is 2.27. The van der Waals surface area contributed by atoms with Gasteiger partial charge in [-0.2, -0.15) is 0 Å². The van der Waals surface area contributed by atoms with E-state index in [1.165, 1.54) is 31.7 Å². The van der Waals surface area contributed by atoms with Crippen LogP contribution in [-0.2, 0) is 0 Å². The molecule has 0 saturated carbocycles. The van der Waals surface area contributed by atoms with Gasteiger partial charge in [0.25, 0.3) is 0 Å². The van der Waals surface area contributed by atoms with Gasteiger partial charge in [0.15, 0.2) is 0 Å². The summed E-state index contributed by atoms with van der Waals surface area (Å²) in [7, 11) is 0.0908. The van der Waals surface area contributed by atoms with E-state index in [4.69, 9.17) is 0 Å². The minimum Gasteiger partial charge on any atom is -0.0680 e. The van der Waals surface area contributed by atoms with Crippen LogP contribution in [0.15, 0.2) is 0 Å². The smallest absolute Gasteiger partial charge is 0.0476 e. The molecule has 11 heavy (non-hydrogen) atoms. The maximum atomic E-state index is 2.37. The van der Waals surface area contributed by atoms with Crippen molar-refractivity contribution in [3.63, 3.8) is 0 Å². The standard InChI is InChI=1S/C10H23Si/c1-4-7-9-11(6-3)10-8-5-2/h4-10H2,1-3H3. The van der Waals surface area contributed by atoms with Crippen molar-refractivity contribution in [1.29, 1.82) is 0 Å². The zero-order valence-corrected chi connectivity index (χ0v) is 9.45. The van der Waals surface area contributed by atoms with Crippen molar-refractivity contribution in [1.82, 2.24) is 0 Å². The van der Waals surface area contributed by atoms with Crippen molar-refractivity contribution >= 4 is 8.80 Å².